The summed E-state index contributed by atoms with van der Waals surface area (Å²) in [5.74, 6) is -0.970. The highest BCUT2D eigenvalue weighted by Crippen LogP contribution is 2.30. The SMILES string of the molecule is Cc1nn(C)c(=O)c(NC(=O)c2ccc(F)cc2)c1-c1cc(-c2ccsc2)n[nH]1. The third-order valence-electron chi connectivity index (χ3n) is 4.43. The van der Waals surface area contributed by atoms with Gasteiger partial charge < -0.3 is 5.32 Å². The van der Waals surface area contributed by atoms with Gasteiger partial charge in [0.15, 0.2) is 0 Å². The Kier molecular flexibility index (Phi) is 4.81. The highest BCUT2D eigenvalue weighted by atomic mass is 32.1. The monoisotopic (exact) mass is 409 g/mol. The van der Waals surface area contributed by atoms with Gasteiger partial charge in [-0.1, -0.05) is 0 Å². The summed E-state index contributed by atoms with van der Waals surface area (Å²) in [4.78, 5) is 25.4. The van der Waals surface area contributed by atoms with Gasteiger partial charge in [0.05, 0.1) is 22.6 Å². The van der Waals surface area contributed by atoms with Crippen LogP contribution in [0.3, 0.4) is 0 Å². The normalized spacial score (nSPS) is 10.9. The predicted molar refractivity (Wildman–Crippen MR) is 109 cm³/mol. The third kappa shape index (κ3) is 3.59. The zero-order valence-corrected chi connectivity index (χ0v) is 16.4. The highest BCUT2D eigenvalue weighted by Gasteiger charge is 2.20. The molecule has 2 N–H and O–H groups in total. The Labute approximate surface area is 168 Å². The lowest BCUT2D eigenvalue weighted by atomic mass is 10.1. The lowest BCUT2D eigenvalue weighted by molar-refractivity contribution is 0.102. The van der Waals surface area contributed by atoms with Gasteiger partial charge in [0.25, 0.3) is 11.5 Å². The number of H-pyrrole nitrogens is 1. The quantitative estimate of drug-likeness (QED) is 0.539. The van der Waals surface area contributed by atoms with Crippen molar-refractivity contribution in [1.82, 2.24) is 20.0 Å². The number of hydrogen-bond acceptors (Lipinski definition) is 5. The minimum absolute atomic E-state index is 0.0786. The van der Waals surface area contributed by atoms with Crippen LogP contribution in [0.25, 0.3) is 22.5 Å². The van der Waals surface area contributed by atoms with Gasteiger partial charge in [0.2, 0.25) is 0 Å². The molecule has 3 heterocycles. The maximum Gasteiger partial charge on any atom is 0.290 e. The van der Waals surface area contributed by atoms with Gasteiger partial charge in [-0.2, -0.15) is 21.5 Å². The molecule has 1 amide bonds. The van der Waals surface area contributed by atoms with E-state index >= 15 is 0 Å². The molecular weight excluding hydrogens is 393 g/mol. The summed E-state index contributed by atoms with van der Waals surface area (Å²) >= 11 is 1.55. The number of amides is 1. The molecule has 29 heavy (non-hydrogen) atoms. The molecule has 0 aliphatic rings. The van der Waals surface area contributed by atoms with Crippen molar-refractivity contribution in [2.24, 2.45) is 7.05 Å². The summed E-state index contributed by atoms with van der Waals surface area (Å²) in [5.41, 5.74) is 3.07. The Morgan fingerprint density at radius 1 is 1.24 bits per heavy atom. The van der Waals surface area contributed by atoms with Crippen molar-refractivity contribution >= 4 is 22.9 Å². The number of benzene rings is 1. The molecule has 0 saturated carbocycles. The van der Waals surface area contributed by atoms with E-state index in [2.05, 4.69) is 20.6 Å². The summed E-state index contributed by atoms with van der Waals surface area (Å²) < 4.78 is 14.3. The molecule has 0 saturated heterocycles. The number of halogens is 1. The predicted octanol–water partition coefficient (Wildman–Crippen LogP) is 3.60. The first-order valence-electron chi connectivity index (χ1n) is 8.67. The lowest BCUT2D eigenvalue weighted by Crippen LogP contribution is -2.28. The van der Waals surface area contributed by atoms with Crippen LogP contribution in [-0.4, -0.2) is 25.9 Å². The van der Waals surface area contributed by atoms with Crippen molar-refractivity contribution in [3.63, 3.8) is 0 Å². The molecular formula is C20H16FN5O2S. The molecule has 0 spiro atoms. The largest absolute Gasteiger partial charge is 0.317 e. The van der Waals surface area contributed by atoms with Gasteiger partial charge in [0.1, 0.15) is 11.5 Å². The molecule has 0 radical (unpaired) electrons. The summed E-state index contributed by atoms with van der Waals surface area (Å²) in [7, 11) is 1.51. The lowest BCUT2D eigenvalue weighted by Gasteiger charge is -2.13. The molecule has 0 bridgehead atoms. The van der Waals surface area contributed by atoms with E-state index < -0.39 is 17.3 Å². The van der Waals surface area contributed by atoms with Gasteiger partial charge in [-0.15, -0.1) is 0 Å². The minimum atomic E-state index is -0.522. The van der Waals surface area contributed by atoms with Crippen molar-refractivity contribution in [2.75, 3.05) is 5.32 Å². The summed E-state index contributed by atoms with van der Waals surface area (Å²) in [6.07, 6.45) is 0. The van der Waals surface area contributed by atoms with Gasteiger partial charge >= 0.3 is 0 Å². The topological polar surface area (TPSA) is 92.7 Å². The molecule has 0 aliphatic heterocycles. The molecule has 9 heteroatoms. The number of aromatic amines is 1. The number of carbonyl (C=O) groups is 1. The molecule has 146 valence electrons. The number of rotatable bonds is 4. The van der Waals surface area contributed by atoms with E-state index in [1.807, 2.05) is 16.8 Å². The fraction of sp³-hybridized carbons (Fsp3) is 0.100. The number of carbonyl (C=O) groups excluding carboxylic acids is 1. The Balaban J connectivity index is 1.78. The first kappa shape index (κ1) is 18.8. The Bertz CT molecular complexity index is 1240. The van der Waals surface area contributed by atoms with E-state index in [-0.39, 0.29) is 11.3 Å². The van der Waals surface area contributed by atoms with Crippen LogP contribution in [-0.2, 0) is 7.05 Å². The maximum atomic E-state index is 13.1. The van der Waals surface area contributed by atoms with Crippen molar-refractivity contribution < 1.29 is 9.18 Å². The van der Waals surface area contributed by atoms with Gasteiger partial charge in [-0.3, -0.25) is 14.7 Å². The smallest absolute Gasteiger partial charge is 0.290 e. The molecule has 0 atom stereocenters. The van der Waals surface area contributed by atoms with Crippen molar-refractivity contribution in [3.8, 4) is 22.5 Å². The number of anilines is 1. The van der Waals surface area contributed by atoms with E-state index in [0.717, 1.165) is 15.9 Å². The van der Waals surface area contributed by atoms with Gasteiger partial charge in [-0.25, -0.2) is 9.07 Å². The highest BCUT2D eigenvalue weighted by molar-refractivity contribution is 7.08. The zero-order chi connectivity index (χ0) is 20.5. The van der Waals surface area contributed by atoms with Crippen molar-refractivity contribution in [1.29, 1.82) is 0 Å². The zero-order valence-electron chi connectivity index (χ0n) is 15.6. The molecule has 4 rings (SSSR count). The Hall–Kier alpha value is -3.59. The second-order valence-corrected chi connectivity index (χ2v) is 7.18. The molecule has 0 unspecified atom stereocenters. The van der Waals surface area contributed by atoms with Crippen LogP contribution in [0.1, 0.15) is 16.1 Å². The van der Waals surface area contributed by atoms with Crippen molar-refractivity contribution in [3.05, 3.63) is 74.6 Å². The summed E-state index contributed by atoms with van der Waals surface area (Å²) in [5, 5.41) is 18.0. The minimum Gasteiger partial charge on any atom is -0.317 e. The molecule has 1 aromatic carbocycles. The number of nitrogens with zero attached hydrogens (tertiary/aromatic N) is 3. The second-order valence-electron chi connectivity index (χ2n) is 6.40. The number of hydrogen-bond donors (Lipinski definition) is 2. The first-order valence-corrected chi connectivity index (χ1v) is 9.61. The van der Waals surface area contributed by atoms with E-state index in [9.17, 15) is 14.0 Å². The summed E-state index contributed by atoms with van der Waals surface area (Å²) in [6.45, 7) is 1.74. The molecule has 3 aromatic heterocycles. The first-order chi connectivity index (χ1) is 13.9. The second kappa shape index (κ2) is 7.44. The third-order valence-corrected chi connectivity index (χ3v) is 5.11. The fourth-order valence-electron chi connectivity index (χ4n) is 3.01. The fourth-order valence-corrected chi connectivity index (χ4v) is 3.66. The van der Waals surface area contributed by atoms with Crippen LogP contribution in [0, 0.1) is 12.7 Å². The average molecular weight is 409 g/mol. The number of thiophene rings is 1. The molecule has 0 aliphatic carbocycles. The molecule has 7 nitrogen and oxygen atoms in total. The molecule has 4 aromatic rings. The number of aromatic nitrogens is 4. The van der Waals surface area contributed by atoms with Crippen LogP contribution in [0.4, 0.5) is 10.1 Å². The maximum absolute atomic E-state index is 13.1. The van der Waals surface area contributed by atoms with E-state index in [4.69, 9.17) is 0 Å². The van der Waals surface area contributed by atoms with Crippen molar-refractivity contribution in [2.45, 2.75) is 6.92 Å². The van der Waals surface area contributed by atoms with Crippen LogP contribution in [0.2, 0.25) is 0 Å². The van der Waals surface area contributed by atoms with Crippen LogP contribution < -0.4 is 10.9 Å². The average Bonchev–Trinajstić information content (AvgIpc) is 3.38. The van der Waals surface area contributed by atoms with E-state index in [1.165, 1.54) is 31.3 Å². The van der Waals surface area contributed by atoms with Gasteiger partial charge in [-0.05, 0) is 48.7 Å². The Morgan fingerprint density at radius 3 is 2.69 bits per heavy atom. The summed E-state index contributed by atoms with van der Waals surface area (Å²) in [6, 6.07) is 8.83. The van der Waals surface area contributed by atoms with E-state index in [1.54, 1.807) is 24.3 Å². The standard InChI is InChI=1S/C20H16FN5O2S/c1-11-17(16-9-15(23-24-16)13-7-8-29-10-13)18(20(28)26(2)25-11)22-19(27)12-3-5-14(21)6-4-12/h3-10H,1-2H3,(H,22,27)(H,23,24). The van der Waals surface area contributed by atoms with Crippen LogP contribution >= 0.6 is 11.3 Å². The van der Waals surface area contributed by atoms with Crippen LogP contribution in [0.5, 0.6) is 0 Å². The Morgan fingerprint density at radius 2 is 2.00 bits per heavy atom. The number of aryl methyl sites for hydroxylation is 2. The van der Waals surface area contributed by atoms with Gasteiger partial charge in [0, 0.05) is 23.6 Å². The number of nitrogens with one attached hydrogen (secondary N) is 2. The van der Waals surface area contributed by atoms with E-state index in [0.29, 0.717) is 17.0 Å². The molecule has 0 fully saturated rings. The van der Waals surface area contributed by atoms with Crippen LogP contribution in [0.15, 0.2) is 52.0 Å².